The molecule has 0 unspecified atom stereocenters. The van der Waals surface area contributed by atoms with Crippen molar-refractivity contribution in [2.24, 2.45) is 0 Å². The van der Waals surface area contributed by atoms with E-state index < -0.39 is 4.92 Å². The number of rotatable bonds is 2. The summed E-state index contributed by atoms with van der Waals surface area (Å²) in [7, 11) is 0. The molecule has 0 atom stereocenters. The molecule has 22 heavy (non-hydrogen) atoms. The van der Waals surface area contributed by atoms with E-state index >= 15 is 0 Å². The van der Waals surface area contributed by atoms with E-state index in [1.165, 1.54) is 16.7 Å². The maximum absolute atomic E-state index is 12.4. The van der Waals surface area contributed by atoms with Crippen LogP contribution in [0.25, 0.3) is 12.2 Å². The first-order valence-corrected chi connectivity index (χ1v) is 7.49. The van der Waals surface area contributed by atoms with Gasteiger partial charge < -0.3 is 0 Å². The minimum Gasteiger partial charge on any atom is -0.300 e. The molecule has 7 heteroatoms. The molecule has 0 spiro atoms. The SMILES string of the molecule is C=c1s/c(=C2\C(=O)Cc3ccc([N+](=O)[O-])cc32)c(=O)n1CC. The van der Waals surface area contributed by atoms with E-state index in [9.17, 15) is 19.7 Å². The smallest absolute Gasteiger partial charge is 0.270 e. The van der Waals surface area contributed by atoms with Gasteiger partial charge in [0.25, 0.3) is 11.2 Å². The highest BCUT2D eigenvalue weighted by molar-refractivity contribution is 7.07. The van der Waals surface area contributed by atoms with E-state index in [0.717, 1.165) is 11.3 Å². The normalized spacial score (nSPS) is 16.0. The second kappa shape index (κ2) is 5.03. The molecule has 1 aromatic heterocycles. The lowest BCUT2D eigenvalue weighted by atomic mass is 10.1. The van der Waals surface area contributed by atoms with Crippen LogP contribution in [0.15, 0.2) is 23.0 Å². The largest absolute Gasteiger partial charge is 0.300 e. The third-order valence-electron chi connectivity index (χ3n) is 3.71. The summed E-state index contributed by atoms with van der Waals surface area (Å²) in [6.07, 6.45) is 0.165. The van der Waals surface area contributed by atoms with Gasteiger partial charge in [-0.15, -0.1) is 11.3 Å². The monoisotopic (exact) mass is 316 g/mol. The van der Waals surface area contributed by atoms with Gasteiger partial charge in [0.05, 0.1) is 9.59 Å². The van der Waals surface area contributed by atoms with Crippen LogP contribution in [0.4, 0.5) is 5.69 Å². The van der Waals surface area contributed by atoms with Crippen molar-refractivity contribution in [2.75, 3.05) is 0 Å². The maximum atomic E-state index is 12.4. The minimum absolute atomic E-state index is 0.0897. The third-order valence-corrected chi connectivity index (χ3v) is 4.75. The summed E-state index contributed by atoms with van der Waals surface area (Å²) < 4.78 is 2.38. The van der Waals surface area contributed by atoms with E-state index in [4.69, 9.17) is 0 Å². The molecule has 0 fully saturated rings. The van der Waals surface area contributed by atoms with Crippen molar-refractivity contribution in [3.05, 3.63) is 59.0 Å². The van der Waals surface area contributed by atoms with Crippen molar-refractivity contribution in [1.82, 2.24) is 4.57 Å². The zero-order valence-electron chi connectivity index (χ0n) is 11.8. The number of carbonyl (C=O) groups is 1. The Morgan fingerprint density at radius 3 is 2.73 bits per heavy atom. The Morgan fingerprint density at radius 1 is 1.41 bits per heavy atom. The molecular formula is C15H12N2O4S. The van der Waals surface area contributed by atoms with Crippen LogP contribution in [-0.4, -0.2) is 15.3 Å². The van der Waals surface area contributed by atoms with E-state index in [1.54, 1.807) is 6.07 Å². The second-order valence-electron chi connectivity index (χ2n) is 4.95. The van der Waals surface area contributed by atoms with Gasteiger partial charge in [0.2, 0.25) is 0 Å². The Balaban J connectivity index is 2.40. The summed E-state index contributed by atoms with van der Waals surface area (Å²) in [6.45, 7) is 6.12. The van der Waals surface area contributed by atoms with Gasteiger partial charge in [-0.3, -0.25) is 24.3 Å². The zero-order chi connectivity index (χ0) is 16.0. The maximum Gasteiger partial charge on any atom is 0.270 e. The number of hydrogen-bond donors (Lipinski definition) is 0. The highest BCUT2D eigenvalue weighted by atomic mass is 32.1. The number of nitrogens with zero attached hydrogens (tertiary/aromatic N) is 2. The summed E-state index contributed by atoms with van der Waals surface area (Å²) in [5.41, 5.74) is 1.13. The number of nitro groups is 1. The van der Waals surface area contributed by atoms with E-state index in [0.29, 0.717) is 26.9 Å². The summed E-state index contributed by atoms with van der Waals surface area (Å²) >= 11 is 1.16. The predicted molar refractivity (Wildman–Crippen MR) is 83.3 cm³/mol. The van der Waals surface area contributed by atoms with Crippen molar-refractivity contribution < 1.29 is 9.72 Å². The first-order valence-electron chi connectivity index (χ1n) is 6.67. The zero-order valence-corrected chi connectivity index (χ0v) is 12.6. The number of fused-ring (bicyclic) bond motifs is 1. The number of benzene rings is 1. The lowest BCUT2D eigenvalue weighted by Gasteiger charge is -1.98. The fourth-order valence-electron chi connectivity index (χ4n) is 2.66. The predicted octanol–water partition coefficient (Wildman–Crippen LogP) is 0.572. The van der Waals surface area contributed by atoms with Crippen molar-refractivity contribution in [3.63, 3.8) is 0 Å². The van der Waals surface area contributed by atoms with Crippen molar-refractivity contribution in [3.8, 4) is 0 Å². The minimum atomic E-state index is -0.508. The third kappa shape index (κ3) is 2.01. The molecule has 3 rings (SSSR count). The molecule has 0 bridgehead atoms. The number of carbonyl (C=O) groups excluding carboxylic acids is 1. The van der Waals surface area contributed by atoms with Crippen LogP contribution < -0.4 is 14.8 Å². The van der Waals surface area contributed by atoms with Crippen molar-refractivity contribution in [2.45, 2.75) is 19.9 Å². The Morgan fingerprint density at radius 2 is 2.14 bits per heavy atom. The summed E-state index contributed by atoms with van der Waals surface area (Å²) in [6, 6.07) is 4.32. The molecule has 1 heterocycles. The van der Waals surface area contributed by atoms with Gasteiger partial charge in [-0.05, 0) is 18.1 Å². The molecule has 1 aromatic carbocycles. The van der Waals surface area contributed by atoms with Gasteiger partial charge in [-0.25, -0.2) is 0 Å². The quantitative estimate of drug-likeness (QED) is 0.599. The molecule has 0 amide bonds. The lowest BCUT2D eigenvalue weighted by Crippen LogP contribution is -2.32. The second-order valence-corrected chi connectivity index (χ2v) is 6.03. The molecule has 0 radical (unpaired) electrons. The lowest BCUT2D eigenvalue weighted by molar-refractivity contribution is -0.384. The first kappa shape index (κ1) is 14.4. The van der Waals surface area contributed by atoms with Crippen LogP contribution in [0.5, 0.6) is 0 Å². The molecule has 2 aromatic rings. The number of aromatic nitrogens is 1. The summed E-state index contributed by atoms with van der Waals surface area (Å²) in [4.78, 5) is 35.1. The van der Waals surface area contributed by atoms with Crippen LogP contribution in [0.2, 0.25) is 0 Å². The van der Waals surface area contributed by atoms with E-state index in [2.05, 4.69) is 6.58 Å². The average molecular weight is 316 g/mol. The number of Topliss-reactive ketones (excluding diaryl/α,β-unsaturated/α-hetero) is 1. The van der Waals surface area contributed by atoms with Gasteiger partial charge in [0, 0.05) is 30.7 Å². The van der Waals surface area contributed by atoms with Gasteiger partial charge in [0.1, 0.15) is 4.53 Å². The van der Waals surface area contributed by atoms with Crippen LogP contribution in [0, 0.1) is 10.1 Å². The standard InChI is InChI=1S/C15H12N2O4S/c1-3-16-8(2)22-14(15(16)19)13-11-7-10(17(20)21)5-4-9(11)6-12(13)18/h4-5,7H,2-3,6H2,1H3/b14-13-. The highest BCUT2D eigenvalue weighted by Crippen LogP contribution is 2.30. The number of ketones is 1. The van der Waals surface area contributed by atoms with Gasteiger partial charge in [-0.1, -0.05) is 12.6 Å². The van der Waals surface area contributed by atoms with Gasteiger partial charge in [0.15, 0.2) is 5.78 Å². The van der Waals surface area contributed by atoms with Gasteiger partial charge >= 0.3 is 0 Å². The first-order chi connectivity index (χ1) is 10.4. The number of non-ortho nitro benzene ring substituents is 1. The van der Waals surface area contributed by atoms with Gasteiger partial charge in [-0.2, -0.15) is 0 Å². The fraction of sp³-hybridized carbons (Fsp3) is 0.200. The molecule has 0 aliphatic heterocycles. The van der Waals surface area contributed by atoms with Crippen LogP contribution in [0.1, 0.15) is 18.1 Å². The Hall–Kier alpha value is -2.54. The topological polar surface area (TPSA) is 82.2 Å². The molecule has 1 aliphatic rings. The van der Waals surface area contributed by atoms with Crippen LogP contribution in [0.3, 0.4) is 0 Å². The van der Waals surface area contributed by atoms with Crippen LogP contribution >= 0.6 is 11.3 Å². The Kier molecular flexibility index (Phi) is 3.29. The van der Waals surface area contributed by atoms with Crippen molar-refractivity contribution >= 4 is 35.0 Å². The molecule has 0 saturated heterocycles. The number of thiazole rings is 1. The van der Waals surface area contributed by atoms with Crippen LogP contribution in [-0.2, 0) is 17.8 Å². The summed E-state index contributed by atoms with van der Waals surface area (Å²) in [5.74, 6) is -0.183. The van der Waals surface area contributed by atoms with Crippen molar-refractivity contribution in [1.29, 1.82) is 0 Å². The number of nitro benzene ring substituents is 1. The highest BCUT2D eigenvalue weighted by Gasteiger charge is 2.28. The molecule has 112 valence electrons. The molecule has 0 saturated carbocycles. The summed E-state index contributed by atoms with van der Waals surface area (Å²) in [5, 5.41) is 10.9. The molecule has 1 aliphatic carbocycles. The average Bonchev–Trinajstić information content (AvgIpc) is 2.93. The molecule has 0 N–H and O–H groups in total. The van der Waals surface area contributed by atoms with E-state index in [-0.39, 0.29) is 29.0 Å². The molecule has 6 nitrogen and oxygen atoms in total. The Labute approximate surface area is 128 Å². The fourth-order valence-corrected chi connectivity index (χ4v) is 3.74. The number of hydrogen-bond acceptors (Lipinski definition) is 5. The van der Waals surface area contributed by atoms with E-state index in [1.807, 2.05) is 6.92 Å². The Bertz CT molecular complexity index is 984. The molecular weight excluding hydrogens is 304 g/mol.